The van der Waals surface area contributed by atoms with Gasteiger partial charge in [-0.3, -0.25) is 14.4 Å². The second-order valence-corrected chi connectivity index (χ2v) is 12.5. The van der Waals surface area contributed by atoms with Gasteiger partial charge in [-0.05, 0) is 71.1 Å². The minimum Gasteiger partial charge on any atom is -0.466 e. The molecule has 200 valence electrons. The van der Waals surface area contributed by atoms with Gasteiger partial charge in [-0.1, -0.05) is 27.7 Å². The quantitative estimate of drug-likeness (QED) is 0.338. The number of unbranched alkanes of at least 4 members (excludes halogenated alkanes) is 2. The van der Waals surface area contributed by atoms with Crippen LogP contribution in [0.15, 0.2) is 0 Å². The summed E-state index contributed by atoms with van der Waals surface area (Å²) in [5.41, 5.74) is -2.26. The first kappa shape index (κ1) is 27.9. The van der Waals surface area contributed by atoms with Crippen LogP contribution >= 0.6 is 0 Å². The number of esters is 1. The van der Waals surface area contributed by atoms with E-state index in [1.54, 1.807) is 11.8 Å². The SMILES string of the molecule is CCOC(=O)[C@@H]1[C@H]2C(=O)N(CCCCCO)C(C(=O)NC(C)(C)CC(C)(C)C)C23CC[C@@]1(CC)O3. The average molecular weight is 495 g/mol. The third kappa shape index (κ3) is 5.10. The summed E-state index contributed by atoms with van der Waals surface area (Å²) in [7, 11) is 0. The predicted molar refractivity (Wildman–Crippen MR) is 132 cm³/mol. The van der Waals surface area contributed by atoms with E-state index in [1.807, 2.05) is 20.8 Å². The lowest BCUT2D eigenvalue weighted by Crippen LogP contribution is -2.59. The molecular weight excluding hydrogens is 448 g/mol. The molecule has 0 aromatic rings. The minimum absolute atomic E-state index is 0.0106. The van der Waals surface area contributed by atoms with Crippen molar-refractivity contribution in [1.29, 1.82) is 0 Å². The van der Waals surface area contributed by atoms with Crippen LogP contribution in [0.1, 0.15) is 93.4 Å². The number of carbonyl (C=O) groups is 3. The van der Waals surface area contributed by atoms with Crippen LogP contribution in [0.2, 0.25) is 0 Å². The van der Waals surface area contributed by atoms with E-state index in [9.17, 15) is 19.5 Å². The van der Waals surface area contributed by atoms with E-state index in [0.717, 1.165) is 12.8 Å². The highest BCUT2D eigenvalue weighted by molar-refractivity contribution is 5.98. The summed E-state index contributed by atoms with van der Waals surface area (Å²) in [6, 6.07) is -0.791. The van der Waals surface area contributed by atoms with Crippen molar-refractivity contribution in [2.75, 3.05) is 19.8 Å². The smallest absolute Gasteiger partial charge is 0.312 e. The molecule has 1 spiro atoms. The standard InChI is InChI=1S/C27H46N2O6/c1-8-26-13-14-27(35-26)18(19(26)23(33)34-9-2)22(32)29(15-11-10-12-16-30)20(27)21(31)28-25(6,7)17-24(3,4)5/h18-20,30H,8-17H2,1-7H3,(H,28,31)/t18-,19-,20?,26+,27?/m0/s1. The van der Waals surface area contributed by atoms with Gasteiger partial charge >= 0.3 is 5.97 Å². The van der Waals surface area contributed by atoms with E-state index in [0.29, 0.717) is 38.6 Å². The van der Waals surface area contributed by atoms with E-state index in [2.05, 4.69) is 26.1 Å². The number of likely N-dealkylation sites (tertiary alicyclic amines) is 1. The van der Waals surface area contributed by atoms with Crippen LogP contribution in [-0.2, 0) is 23.9 Å². The molecule has 5 atom stereocenters. The molecule has 2 unspecified atom stereocenters. The second-order valence-electron chi connectivity index (χ2n) is 12.5. The van der Waals surface area contributed by atoms with Gasteiger partial charge < -0.3 is 24.8 Å². The van der Waals surface area contributed by atoms with Crippen LogP contribution < -0.4 is 5.32 Å². The van der Waals surface area contributed by atoms with Crippen molar-refractivity contribution < 1.29 is 29.0 Å². The number of aliphatic hydroxyl groups is 1. The van der Waals surface area contributed by atoms with Crippen molar-refractivity contribution >= 4 is 17.8 Å². The Labute approximate surface area is 210 Å². The molecule has 3 aliphatic heterocycles. The molecule has 3 heterocycles. The maximum Gasteiger partial charge on any atom is 0.312 e. The van der Waals surface area contributed by atoms with Gasteiger partial charge in [-0.2, -0.15) is 0 Å². The largest absolute Gasteiger partial charge is 0.466 e. The molecule has 0 radical (unpaired) electrons. The average Bonchev–Trinajstić information content (AvgIpc) is 3.33. The van der Waals surface area contributed by atoms with Gasteiger partial charge in [-0.25, -0.2) is 0 Å². The van der Waals surface area contributed by atoms with Gasteiger partial charge in [-0.15, -0.1) is 0 Å². The monoisotopic (exact) mass is 494 g/mol. The Morgan fingerprint density at radius 1 is 1.14 bits per heavy atom. The number of ether oxygens (including phenoxy) is 2. The van der Waals surface area contributed by atoms with Gasteiger partial charge in [0.2, 0.25) is 11.8 Å². The fraction of sp³-hybridized carbons (Fsp3) is 0.889. The van der Waals surface area contributed by atoms with Crippen LogP contribution in [0.5, 0.6) is 0 Å². The fourth-order valence-corrected chi connectivity index (χ4v) is 7.19. The summed E-state index contributed by atoms with van der Waals surface area (Å²) >= 11 is 0. The molecule has 3 rings (SSSR count). The molecule has 8 nitrogen and oxygen atoms in total. The van der Waals surface area contributed by atoms with E-state index < -0.39 is 40.6 Å². The molecule has 0 saturated carbocycles. The Morgan fingerprint density at radius 2 is 1.83 bits per heavy atom. The molecule has 0 aromatic heterocycles. The van der Waals surface area contributed by atoms with Crippen molar-refractivity contribution in [3.8, 4) is 0 Å². The Bertz CT molecular complexity index is 821. The lowest BCUT2D eigenvalue weighted by molar-refractivity contribution is -0.160. The predicted octanol–water partition coefficient (Wildman–Crippen LogP) is 3.20. The zero-order valence-corrected chi connectivity index (χ0v) is 22.7. The van der Waals surface area contributed by atoms with E-state index in [1.165, 1.54) is 0 Å². The summed E-state index contributed by atoms with van der Waals surface area (Å²) in [5.74, 6) is -2.21. The number of fused-ring (bicyclic) bond motifs is 1. The number of hydrogen-bond donors (Lipinski definition) is 2. The van der Waals surface area contributed by atoms with Crippen LogP contribution in [0.4, 0.5) is 0 Å². The molecule has 3 aliphatic rings. The first-order valence-corrected chi connectivity index (χ1v) is 13.4. The highest BCUT2D eigenvalue weighted by atomic mass is 16.6. The molecule has 0 aliphatic carbocycles. The topological polar surface area (TPSA) is 105 Å². The van der Waals surface area contributed by atoms with Gasteiger partial charge in [0.05, 0.1) is 18.1 Å². The molecule has 2 amide bonds. The number of amides is 2. The summed E-state index contributed by atoms with van der Waals surface area (Å²) < 4.78 is 12.1. The summed E-state index contributed by atoms with van der Waals surface area (Å²) in [5, 5.41) is 12.4. The molecule has 2 bridgehead atoms. The van der Waals surface area contributed by atoms with E-state index in [-0.39, 0.29) is 30.4 Å². The van der Waals surface area contributed by atoms with Gasteiger partial charge in [0.1, 0.15) is 17.6 Å². The number of hydrogen-bond acceptors (Lipinski definition) is 6. The first-order valence-electron chi connectivity index (χ1n) is 13.4. The zero-order valence-electron chi connectivity index (χ0n) is 22.7. The van der Waals surface area contributed by atoms with Crippen molar-refractivity contribution in [2.24, 2.45) is 17.3 Å². The summed E-state index contributed by atoms with van der Waals surface area (Å²) in [6.45, 7) is 14.9. The summed E-state index contributed by atoms with van der Waals surface area (Å²) in [6.07, 6.45) is 4.62. The summed E-state index contributed by atoms with van der Waals surface area (Å²) in [4.78, 5) is 42.7. The zero-order chi connectivity index (χ0) is 26.2. The number of carbonyl (C=O) groups excluding carboxylic acids is 3. The van der Waals surface area contributed by atoms with E-state index in [4.69, 9.17) is 9.47 Å². The molecule has 8 heteroatoms. The van der Waals surface area contributed by atoms with Gasteiger partial charge in [0.25, 0.3) is 0 Å². The number of rotatable bonds is 11. The first-order chi connectivity index (χ1) is 16.3. The van der Waals surface area contributed by atoms with Crippen LogP contribution in [0, 0.1) is 17.3 Å². The lowest BCUT2D eigenvalue weighted by atomic mass is 9.65. The van der Waals surface area contributed by atoms with Gasteiger partial charge in [0.15, 0.2) is 0 Å². The number of nitrogens with one attached hydrogen (secondary N) is 1. The Balaban J connectivity index is 1.98. The van der Waals surface area contributed by atoms with Crippen LogP contribution in [-0.4, -0.2) is 70.3 Å². The maximum absolute atomic E-state index is 14.0. The molecular formula is C27H46N2O6. The normalized spacial score (nSPS) is 32.2. The lowest BCUT2D eigenvalue weighted by Gasteiger charge is -2.38. The molecule has 3 fully saturated rings. The minimum atomic E-state index is -1.02. The highest BCUT2D eigenvalue weighted by Gasteiger charge is 2.79. The third-order valence-corrected chi connectivity index (χ3v) is 7.96. The second kappa shape index (κ2) is 10.0. The fourth-order valence-electron chi connectivity index (χ4n) is 7.19. The number of nitrogens with zero attached hydrogens (tertiary/aromatic N) is 1. The van der Waals surface area contributed by atoms with Crippen molar-refractivity contribution in [2.45, 2.75) is 116 Å². The highest BCUT2D eigenvalue weighted by Crippen LogP contribution is 2.64. The van der Waals surface area contributed by atoms with E-state index >= 15 is 0 Å². The van der Waals surface area contributed by atoms with Crippen molar-refractivity contribution in [3.63, 3.8) is 0 Å². The number of aliphatic hydroxyl groups excluding tert-OH is 1. The molecule has 3 saturated heterocycles. The Kier molecular flexibility index (Phi) is 7.98. The van der Waals surface area contributed by atoms with Gasteiger partial charge in [0, 0.05) is 18.7 Å². The molecule has 0 aromatic carbocycles. The third-order valence-electron chi connectivity index (χ3n) is 7.96. The van der Waals surface area contributed by atoms with Crippen LogP contribution in [0.3, 0.4) is 0 Å². The van der Waals surface area contributed by atoms with Crippen LogP contribution in [0.25, 0.3) is 0 Å². The van der Waals surface area contributed by atoms with Crippen molar-refractivity contribution in [1.82, 2.24) is 10.2 Å². The molecule has 2 N–H and O–H groups in total. The Hall–Kier alpha value is -1.67. The van der Waals surface area contributed by atoms with Crippen molar-refractivity contribution in [3.05, 3.63) is 0 Å². The maximum atomic E-state index is 14.0. The molecule has 35 heavy (non-hydrogen) atoms. The Morgan fingerprint density at radius 3 is 2.40 bits per heavy atom.